The monoisotopic (exact) mass is 326 g/mol. The Morgan fingerprint density at radius 1 is 1.12 bits per heavy atom. The van der Waals surface area contributed by atoms with Crippen molar-refractivity contribution in [2.45, 2.75) is 39.2 Å². The molecule has 4 heteroatoms. The van der Waals surface area contributed by atoms with Crippen LogP contribution in [0.3, 0.4) is 0 Å². The molecular weight excluding hydrogens is 296 g/mol. The van der Waals surface area contributed by atoms with Crippen molar-refractivity contribution in [3.05, 3.63) is 42.0 Å². The number of nitrogens with zero attached hydrogens (tertiary/aromatic N) is 2. The van der Waals surface area contributed by atoms with Gasteiger partial charge in [-0.2, -0.15) is 0 Å². The highest BCUT2D eigenvalue weighted by molar-refractivity contribution is 5.79. The van der Waals surface area contributed by atoms with E-state index in [0.717, 1.165) is 32.1 Å². The Bertz CT molecular complexity index is 571. The largest absolute Gasteiger partial charge is 0.364 e. The van der Waals surface area contributed by atoms with Crippen molar-refractivity contribution in [2.75, 3.05) is 31.6 Å². The molecule has 1 aromatic rings. The van der Waals surface area contributed by atoms with E-state index in [-0.39, 0.29) is 0 Å². The zero-order chi connectivity index (χ0) is 16.8. The summed E-state index contributed by atoms with van der Waals surface area (Å²) < 4.78 is 0. The van der Waals surface area contributed by atoms with Gasteiger partial charge in [-0.05, 0) is 42.4 Å². The Kier molecular flexibility index (Phi) is 5.44. The maximum atomic E-state index is 4.36. The molecule has 0 bridgehead atoms. The summed E-state index contributed by atoms with van der Waals surface area (Å²) in [6, 6.07) is 8.82. The average molecular weight is 326 g/mol. The van der Waals surface area contributed by atoms with Gasteiger partial charge in [0.05, 0.1) is 0 Å². The highest BCUT2D eigenvalue weighted by atomic mass is 15.2. The second-order valence-electron chi connectivity index (χ2n) is 7.03. The Morgan fingerprint density at radius 3 is 2.38 bits per heavy atom. The molecule has 0 atom stereocenters. The van der Waals surface area contributed by atoms with Crippen molar-refractivity contribution in [1.29, 1.82) is 0 Å². The van der Waals surface area contributed by atoms with E-state index >= 15 is 0 Å². The van der Waals surface area contributed by atoms with E-state index in [1.807, 2.05) is 7.05 Å². The fourth-order valence-corrected chi connectivity index (χ4v) is 3.52. The molecule has 1 fully saturated rings. The van der Waals surface area contributed by atoms with Crippen LogP contribution in [0.25, 0.3) is 0 Å². The van der Waals surface area contributed by atoms with Crippen LogP contribution in [-0.4, -0.2) is 32.6 Å². The van der Waals surface area contributed by atoms with Gasteiger partial charge in [0, 0.05) is 38.9 Å². The van der Waals surface area contributed by atoms with Crippen molar-refractivity contribution in [3.8, 4) is 0 Å². The molecule has 0 aromatic heterocycles. The van der Waals surface area contributed by atoms with Gasteiger partial charge in [0.1, 0.15) is 0 Å². The summed E-state index contributed by atoms with van der Waals surface area (Å²) in [6.45, 7) is 6.18. The molecule has 0 unspecified atom stereocenters. The zero-order valence-corrected chi connectivity index (χ0v) is 15.0. The third-order valence-corrected chi connectivity index (χ3v) is 5.60. The number of hydrogen-bond donors (Lipinski definition) is 2. The summed E-state index contributed by atoms with van der Waals surface area (Å²) in [5, 5.41) is 6.94. The van der Waals surface area contributed by atoms with Gasteiger partial charge >= 0.3 is 0 Å². The van der Waals surface area contributed by atoms with Crippen molar-refractivity contribution in [1.82, 2.24) is 10.6 Å². The molecule has 0 spiro atoms. The Morgan fingerprint density at radius 2 is 1.83 bits per heavy atom. The third-order valence-electron chi connectivity index (χ3n) is 5.60. The maximum Gasteiger partial charge on any atom is 0.191 e. The molecule has 1 heterocycles. The van der Waals surface area contributed by atoms with Gasteiger partial charge < -0.3 is 15.5 Å². The first-order valence-electron chi connectivity index (χ1n) is 9.18. The van der Waals surface area contributed by atoms with Crippen molar-refractivity contribution < 1.29 is 0 Å². The van der Waals surface area contributed by atoms with Crippen LogP contribution >= 0.6 is 0 Å². The molecule has 4 nitrogen and oxygen atoms in total. The lowest BCUT2D eigenvalue weighted by atomic mass is 9.67. The van der Waals surface area contributed by atoms with Crippen LogP contribution in [0.15, 0.2) is 41.4 Å². The molecule has 1 aromatic carbocycles. The van der Waals surface area contributed by atoms with Gasteiger partial charge in [0.15, 0.2) is 5.96 Å². The number of anilines is 1. The first-order chi connectivity index (χ1) is 11.7. The lowest BCUT2D eigenvalue weighted by Gasteiger charge is -2.41. The summed E-state index contributed by atoms with van der Waals surface area (Å²) in [5.74, 6) is 0.905. The number of rotatable bonds is 6. The summed E-state index contributed by atoms with van der Waals surface area (Å²) in [6.07, 6.45) is 9.76. The SMILES string of the molecule is CCC1(CNC(=NC)NCc2ccc(N3CC=CC3)cc2)CCC1. The van der Waals surface area contributed by atoms with Gasteiger partial charge in [-0.1, -0.05) is 37.6 Å². The fraction of sp³-hybridized carbons (Fsp3) is 0.550. The van der Waals surface area contributed by atoms with Crippen molar-refractivity contribution >= 4 is 11.6 Å². The van der Waals surface area contributed by atoms with Crippen LogP contribution < -0.4 is 15.5 Å². The topological polar surface area (TPSA) is 39.7 Å². The van der Waals surface area contributed by atoms with E-state index in [4.69, 9.17) is 0 Å². The quantitative estimate of drug-likeness (QED) is 0.479. The van der Waals surface area contributed by atoms with E-state index in [1.54, 1.807) is 0 Å². The molecule has 130 valence electrons. The molecule has 0 saturated heterocycles. The van der Waals surface area contributed by atoms with Crippen LogP contribution in [0.4, 0.5) is 5.69 Å². The fourth-order valence-electron chi connectivity index (χ4n) is 3.52. The highest BCUT2D eigenvalue weighted by Gasteiger charge is 2.34. The molecule has 2 N–H and O–H groups in total. The second kappa shape index (κ2) is 7.73. The number of guanidine groups is 1. The summed E-state index contributed by atoms with van der Waals surface area (Å²) >= 11 is 0. The Labute approximate surface area is 146 Å². The van der Waals surface area contributed by atoms with Crippen LogP contribution in [0.5, 0.6) is 0 Å². The highest BCUT2D eigenvalue weighted by Crippen LogP contribution is 2.42. The van der Waals surface area contributed by atoms with Crippen LogP contribution in [0.2, 0.25) is 0 Å². The summed E-state index contributed by atoms with van der Waals surface area (Å²) in [5.41, 5.74) is 3.08. The van der Waals surface area contributed by atoms with Crippen molar-refractivity contribution in [2.24, 2.45) is 10.4 Å². The predicted octanol–water partition coefficient (Wildman–Crippen LogP) is 3.31. The van der Waals surface area contributed by atoms with Crippen LogP contribution in [0.1, 0.15) is 38.2 Å². The Hall–Kier alpha value is -1.97. The number of hydrogen-bond acceptors (Lipinski definition) is 2. The van der Waals surface area contributed by atoms with E-state index in [2.05, 4.69) is 63.9 Å². The normalized spacial score (nSPS) is 19.2. The number of benzene rings is 1. The van der Waals surface area contributed by atoms with Crippen LogP contribution in [0, 0.1) is 5.41 Å². The Balaban J connectivity index is 1.46. The molecule has 24 heavy (non-hydrogen) atoms. The number of nitrogens with one attached hydrogen (secondary N) is 2. The lowest BCUT2D eigenvalue weighted by Crippen LogP contribution is -2.46. The smallest absolute Gasteiger partial charge is 0.191 e. The van der Waals surface area contributed by atoms with E-state index in [1.165, 1.54) is 36.9 Å². The second-order valence-corrected chi connectivity index (χ2v) is 7.03. The van der Waals surface area contributed by atoms with Gasteiger partial charge in [-0.25, -0.2) is 0 Å². The summed E-state index contributed by atoms with van der Waals surface area (Å²) in [4.78, 5) is 6.72. The predicted molar refractivity (Wildman–Crippen MR) is 103 cm³/mol. The average Bonchev–Trinajstić information content (AvgIpc) is 3.12. The molecule has 2 aliphatic rings. The molecule has 1 aliphatic carbocycles. The molecule has 0 radical (unpaired) electrons. The maximum absolute atomic E-state index is 4.36. The molecule has 0 amide bonds. The van der Waals surface area contributed by atoms with Gasteiger partial charge in [0.2, 0.25) is 0 Å². The van der Waals surface area contributed by atoms with E-state index in [9.17, 15) is 0 Å². The van der Waals surface area contributed by atoms with Crippen molar-refractivity contribution in [3.63, 3.8) is 0 Å². The first-order valence-corrected chi connectivity index (χ1v) is 9.18. The van der Waals surface area contributed by atoms with Gasteiger partial charge in [-0.3, -0.25) is 4.99 Å². The molecule has 3 rings (SSSR count). The first kappa shape index (κ1) is 16.9. The summed E-state index contributed by atoms with van der Waals surface area (Å²) in [7, 11) is 1.85. The molecule has 1 saturated carbocycles. The lowest BCUT2D eigenvalue weighted by molar-refractivity contribution is 0.131. The van der Waals surface area contributed by atoms with E-state index in [0.29, 0.717) is 5.41 Å². The molecule has 1 aliphatic heterocycles. The standard InChI is InChI=1S/C20H30N4/c1-3-20(11-6-12-20)16-23-19(21-2)22-15-17-7-9-18(10-8-17)24-13-4-5-14-24/h4-5,7-10H,3,6,11-16H2,1-2H3,(H2,21,22,23). The third kappa shape index (κ3) is 3.92. The minimum Gasteiger partial charge on any atom is -0.364 e. The minimum atomic E-state index is 0.503. The number of aliphatic imine (C=N–C) groups is 1. The molecular formula is C20H30N4. The van der Waals surface area contributed by atoms with Crippen LogP contribution in [-0.2, 0) is 6.54 Å². The van der Waals surface area contributed by atoms with E-state index < -0.39 is 0 Å². The minimum absolute atomic E-state index is 0.503. The van der Waals surface area contributed by atoms with Gasteiger partial charge in [-0.15, -0.1) is 0 Å². The van der Waals surface area contributed by atoms with Gasteiger partial charge in [0.25, 0.3) is 0 Å². The zero-order valence-electron chi connectivity index (χ0n) is 15.0.